The van der Waals surface area contributed by atoms with E-state index in [2.05, 4.69) is 25.8 Å². The third kappa shape index (κ3) is 1.41. The minimum Gasteiger partial charge on any atom is -0.397 e. The Hall–Kier alpha value is -1.71. The highest BCUT2D eigenvalue weighted by Gasteiger charge is 2.24. The molecule has 0 saturated heterocycles. The molecule has 4 nitrogen and oxygen atoms in total. The topological polar surface area (TPSA) is 69.9 Å². The molecular weight excluding hydrogens is 200 g/mol. The molecular formula is C12H18N4. The first-order chi connectivity index (χ1) is 7.47. The molecule has 0 amide bonds. The summed E-state index contributed by atoms with van der Waals surface area (Å²) in [6, 6.07) is 5.71. The number of imidazole rings is 1. The van der Waals surface area contributed by atoms with Crippen molar-refractivity contribution in [1.82, 2.24) is 9.55 Å². The number of nitrogens with zero attached hydrogens (tertiary/aromatic N) is 2. The lowest BCUT2D eigenvalue weighted by atomic mass is 10.0. The Morgan fingerprint density at radius 3 is 2.62 bits per heavy atom. The molecule has 1 heterocycles. The Kier molecular flexibility index (Phi) is 2.30. The molecule has 0 atom stereocenters. The summed E-state index contributed by atoms with van der Waals surface area (Å²) in [5.74, 6) is 0.528. The maximum absolute atomic E-state index is 6.01. The maximum atomic E-state index is 6.01. The molecule has 2 aromatic rings. The van der Waals surface area contributed by atoms with Gasteiger partial charge in [0, 0.05) is 5.54 Å². The van der Waals surface area contributed by atoms with Gasteiger partial charge in [0.25, 0.3) is 0 Å². The molecule has 4 N–H and O–H groups in total. The van der Waals surface area contributed by atoms with Gasteiger partial charge in [0.1, 0.15) is 0 Å². The summed E-state index contributed by atoms with van der Waals surface area (Å²) in [6.07, 6.45) is 0.969. The van der Waals surface area contributed by atoms with Crippen molar-refractivity contribution in [3.05, 3.63) is 18.2 Å². The van der Waals surface area contributed by atoms with E-state index in [-0.39, 0.29) is 5.54 Å². The number of nitrogen functional groups attached to an aromatic ring is 2. The standard InChI is InChI=1S/C12H18N4/c1-4-12(2,3)16-10-8(13)6-5-7-9(10)15-11(16)14/h5-7H,4,13H2,1-3H3,(H2,14,15). The molecule has 0 bridgehead atoms. The van der Waals surface area contributed by atoms with Crippen molar-refractivity contribution in [2.45, 2.75) is 32.7 Å². The fourth-order valence-electron chi connectivity index (χ4n) is 1.94. The zero-order valence-electron chi connectivity index (χ0n) is 9.99. The van der Waals surface area contributed by atoms with Gasteiger partial charge in [0.2, 0.25) is 5.95 Å². The van der Waals surface area contributed by atoms with E-state index in [1.807, 2.05) is 22.8 Å². The van der Waals surface area contributed by atoms with E-state index < -0.39 is 0 Å². The van der Waals surface area contributed by atoms with Crippen molar-refractivity contribution in [2.24, 2.45) is 0 Å². The molecule has 0 aliphatic carbocycles. The second-order valence-corrected chi connectivity index (χ2v) is 4.69. The lowest BCUT2D eigenvalue weighted by Crippen LogP contribution is -2.26. The predicted molar refractivity (Wildman–Crippen MR) is 68.2 cm³/mol. The minimum absolute atomic E-state index is 0.0751. The van der Waals surface area contributed by atoms with Crippen molar-refractivity contribution in [1.29, 1.82) is 0 Å². The van der Waals surface area contributed by atoms with Gasteiger partial charge in [-0.2, -0.15) is 0 Å². The van der Waals surface area contributed by atoms with Crippen LogP contribution in [0.1, 0.15) is 27.2 Å². The second-order valence-electron chi connectivity index (χ2n) is 4.69. The third-order valence-electron chi connectivity index (χ3n) is 3.20. The first-order valence-corrected chi connectivity index (χ1v) is 5.50. The fourth-order valence-corrected chi connectivity index (χ4v) is 1.94. The maximum Gasteiger partial charge on any atom is 0.201 e. The molecule has 0 aliphatic rings. The van der Waals surface area contributed by atoms with Crippen LogP contribution in [0.25, 0.3) is 11.0 Å². The van der Waals surface area contributed by atoms with Gasteiger partial charge >= 0.3 is 0 Å². The van der Waals surface area contributed by atoms with Gasteiger partial charge in [0.15, 0.2) is 0 Å². The molecule has 0 unspecified atom stereocenters. The summed E-state index contributed by atoms with van der Waals surface area (Å²) < 4.78 is 2.03. The van der Waals surface area contributed by atoms with E-state index in [9.17, 15) is 0 Å². The molecule has 0 saturated carbocycles. The van der Waals surface area contributed by atoms with Crippen molar-refractivity contribution in [3.63, 3.8) is 0 Å². The number of anilines is 2. The van der Waals surface area contributed by atoms with Crippen LogP contribution >= 0.6 is 0 Å². The van der Waals surface area contributed by atoms with E-state index in [1.165, 1.54) is 0 Å². The van der Waals surface area contributed by atoms with Gasteiger partial charge in [-0.05, 0) is 32.4 Å². The number of hydrogen-bond acceptors (Lipinski definition) is 3. The van der Waals surface area contributed by atoms with Crippen molar-refractivity contribution in [3.8, 4) is 0 Å². The summed E-state index contributed by atoms with van der Waals surface area (Å²) in [5, 5.41) is 0. The molecule has 2 rings (SSSR count). The van der Waals surface area contributed by atoms with Crippen LogP contribution in [-0.2, 0) is 5.54 Å². The van der Waals surface area contributed by atoms with E-state index in [0.717, 1.165) is 23.1 Å². The van der Waals surface area contributed by atoms with Crippen LogP contribution in [-0.4, -0.2) is 9.55 Å². The van der Waals surface area contributed by atoms with Gasteiger partial charge in [0.05, 0.1) is 16.7 Å². The number of hydrogen-bond donors (Lipinski definition) is 2. The van der Waals surface area contributed by atoms with E-state index in [4.69, 9.17) is 11.5 Å². The quantitative estimate of drug-likeness (QED) is 0.760. The number of para-hydroxylation sites is 1. The van der Waals surface area contributed by atoms with Crippen LogP contribution in [0.4, 0.5) is 11.6 Å². The number of fused-ring (bicyclic) bond motifs is 1. The average molecular weight is 218 g/mol. The first-order valence-electron chi connectivity index (χ1n) is 5.50. The minimum atomic E-state index is -0.0751. The zero-order chi connectivity index (χ0) is 11.9. The van der Waals surface area contributed by atoms with Crippen LogP contribution < -0.4 is 11.5 Å². The molecule has 1 aromatic carbocycles. The first kappa shape index (κ1) is 10.8. The summed E-state index contributed by atoms with van der Waals surface area (Å²) in [5.41, 5.74) is 14.4. The van der Waals surface area contributed by atoms with Gasteiger partial charge in [-0.3, -0.25) is 0 Å². The lowest BCUT2D eigenvalue weighted by molar-refractivity contribution is 0.357. The highest BCUT2D eigenvalue weighted by Crippen LogP contribution is 2.31. The largest absolute Gasteiger partial charge is 0.397 e. The van der Waals surface area contributed by atoms with Gasteiger partial charge in [-0.1, -0.05) is 13.0 Å². The van der Waals surface area contributed by atoms with E-state index in [0.29, 0.717) is 5.95 Å². The molecule has 0 aliphatic heterocycles. The average Bonchev–Trinajstić information content (AvgIpc) is 2.56. The Morgan fingerprint density at radius 1 is 1.31 bits per heavy atom. The van der Waals surface area contributed by atoms with Crippen LogP contribution in [0.3, 0.4) is 0 Å². The molecule has 4 heteroatoms. The Morgan fingerprint density at radius 2 is 2.00 bits per heavy atom. The monoisotopic (exact) mass is 218 g/mol. The molecule has 0 fully saturated rings. The highest BCUT2D eigenvalue weighted by atomic mass is 15.2. The number of nitrogens with two attached hydrogens (primary N) is 2. The number of benzene rings is 1. The molecule has 86 valence electrons. The van der Waals surface area contributed by atoms with Crippen LogP contribution in [0.15, 0.2) is 18.2 Å². The molecule has 0 spiro atoms. The van der Waals surface area contributed by atoms with Gasteiger partial charge < -0.3 is 16.0 Å². The van der Waals surface area contributed by atoms with Crippen molar-refractivity contribution < 1.29 is 0 Å². The van der Waals surface area contributed by atoms with Crippen LogP contribution in [0.2, 0.25) is 0 Å². The Balaban J connectivity index is 2.83. The summed E-state index contributed by atoms with van der Waals surface area (Å²) in [4.78, 5) is 4.35. The van der Waals surface area contributed by atoms with Gasteiger partial charge in [-0.25, -0.2) is 4.98 Å². The second kappa shape index (κ2) is 3.40. The smallest absolute Gasteiger partial charge is 0.201 e. The van der Waals surface area contributed by atoms with Crippen molar-refractivity contribution in [2.75, 3.05) is 11.5 Å². The normalized spacial score (nSPS) is 12.2. The Bertz CT molecular complexity index is 525. The van der Waals surface area contributed by atoms with Crippen LogP contribution in [0, 0.1) is 0 Å². The fraction of sp³-hybridized carbons (Fsp3) is 0.417. The molecule has 0 radical (unpaired) electrons. The lowest BCUT2D eigenvalue weighted by Gasteiger charge is -2.27. The van der Waals surface area contributed by atoms with Crippen LogP contribution in [0.5, 0.6) is 0 Å². The summed E-state index contributed by atoms with van der Waals surface area (Å²) in [7, 11) is 0. The predicted octanol–water partition coefficient (Wildman–Crippen LogP) is 2.35. The number of rotatable bonds is 2. The van der Waals surface area contributed by atoms with E-state index in [1.54, 1.807) is 0 Å². The van der Waals surface area contributed by atoms with Crippen molar-refractivity contribution >= 4 is 22.7 Å². The third-order valence-corrected chi connectivity index (χ3v) is 3.20. The van der Waals surface area contributed by atoms with Gasteiger partial charge in [-0.15, -0.1) is 0 Å². The number of aromatic nitrogens is 2. The summed E-state index contributed by atoms with van der Waals surface area (Å²) in [6.45, 7) is 6.40. The SMILES string of the molecule is CCC(C)(C)n1c(N)nc2cccc(N)c21. The Labute approximate surface area is 95.3 Å². The molecule has 16 heavy (non-hydrogen) atoms. The molecule has 1 aromatic heterocycles. The van der Waals surface area contributed by atoms with E-state index >= 15 is 0 Å². The highest BCUT2D eigenvalue weighted by molar-refractivity contribution is 5.89. The summed E-state index contributed by atoms with van der Waals surface area (Å²) >= 11 is 0. The zero-order valence-corrected chi connectivity index (χ0v) is 9.99.